The summed E-state index contributed by atoms with van der Waals surface area (Å²) in [5.74, 6) is 0. The first-order valence-corrected chi connectivity index (χ1v) is 6.25. The molecule has 0 fully saturated rings. The van der Waals surface area contributed by atoms with Crippen molar-refractivity contribution in [2.24, 2.45) is 0 Å². The standard InChI is InChI=1S/C14H22N2O2/c1-5-18-7-6-15-14(17)16-13-11(3)8-10(2)9-12(13)4/h8-9H,5-7H2,1-4H3,(H2,15,16,17). The fourth-order valence-electron chi connectivity index (χ4n) is 1.92. The van der Waals surface area contributed by atoms with Crippen LogP contribution in [0.15, 0.2) is 12.1 Å². The van der Waals surface area contributed by atoms with Crippen LogP contribution in [0.4, 0.5) is 10.5 Å². The van der Waals surface area contributed by atoms with E-state index in [1.165, 1.54) is 5.56 Å². The van der Waals surface area contributed by atoms with E-state index in [-0.39, 0.29) is 6.03 Å². The number of urea groups is 1. The lowest BCUT2D eigenvalue weighted by Crippen LogP contribution is -2.32. The van der Waals surface area contributed by atoms with Gasteiger partial charge in [-0.2, -0.15) is 0 Å². The van der Waals surface area contributed by atoms with Crippen LogP contribution in [0.25, 0.3) is 0 Å². The van der Waals surface area contributed by atoms with Gasteiger partial charge in [-0.1, -0.05) is 17.7 Å². The number of hydrogen-bond acceptors (Lipinski definition) is 2. The Bertz CT molecular complexity index is 393. The fourth-order valence-corrected chi connectivity index (χ4v) is 1.92. The first kappa shape index (κ1) is 14.5. The molecule has 2 N–H and O–H groups in total. The average molecular weight is 250 g/mol. The van der Waals surface area contributed by atoms with Crippen molar-refractivity contribution in [2.45, 2.75) is 27.7 Å². The lowest BCUT2D eigenvalue weighted by atomic mass is 10.1. The predicted molar refractivity (Wildman–Crippen MR) is 74.2 cm³/mol. The summed E-state index contributed by atoms with van der Waals surface area (Å²) in [6.45, 7) is 9.69. The van der Waals surface area contributed by atoms with Gasteiger partial charge in [-0.15, -0.1) is 0 Å². The maximum atomic E-state index is 11.7. The molecule has 2 amide bonds. The minimum absolute atomic E-state index is 0.190. The molecule has 0 aliphatic carbocycles. The number of anilines is 1. The molecule has 0 unspecified atom stereocenters. The lowest BCUT2D eigenvalue weighted by Gasteiger charge is -2.13. The molecule has 100 valence electrons. The van der Waals surface area contributed by atoms with Gasteiger partial charge in [-0.25, -0.2) is 4.79 Å². The molecule has 0 heterocycles. The maximum Gasteiger partial charge on any atom is 0.319 e. The quantitative estimate of drug-likeness (QED) is 0.789. The molecule has 0 saturated heterocycles. The Morgan fingerprint density at radius 1 is 1.22 bits per heavy atom. The Morgan fingerprint density at radius 3 is 2.39 bits per heavy atom. The smallest absolute Gasteiger partial charge is 0.319 e. The van der Waals surface area contributed by atoms with Crippen molar-refractivity contribution in [3.05, 3.63) is 28.8 Å². The zero-order valence-corrected chi connectivity index (χ0v) is 11.6. The van der Waals surface area contributed by atoms with Crippen LogP contribution < -0.4 is 10.6 Å². The van der Waals surface area contributed by atoms with Gasteiger partial charge in [0.25, 0.3) is 0 Å². The monoisotopic (exact) mass is 250 g/mol. The van der Waals surface area contributed by atoms with Crippen LogP contribution in [0.1, 0.15) is 23.6 Å². The number of aryl methyl sites for hydroxylation is 3. The molecular weight excluding hydrogens is 228 g/mol. The highest BCUT2D eigenvalue weighted by molar-refractivity contribution is 5.91. The van der Waals surface area contributed by atoms with Gasteiger partial charge in [-0.3, -0.25) is 0 Å². The van der Waals surface area contributed by atoms with Gasteiger partial charge in [-0.05, 0) is 38.8 Å². The van der Waals surface area contributed by atoms with Crippen LogP contribution in [0, 0.1) is 20.8 Å². The maximum absolute atomic E-state index is 11.7. The Morgan fingerprint density at radius 2 is 1.83 bits per heavy atom. The summed E-state index contributed by atoms with van der Waals surface area (Å²) in [6.07, 6.45) is 0. The van der Waals surface area contributed by atoms with E-state index < -0.39 is 0 Å². The molecular formula is C14H22N2O2. The van der Waals surface area contributed by atoms with E-state index in [0.29, 0.717) is 19.8 Å². The molecule has 1 aromatic carbocycles. The van der Waals surface area contributed by atoms with Crippen molar-refractivity contribution in [1.82, 2.24) is 5.32 Å². The third-order valence-corrected chi connectivity index (χ3v) is 2.65. The van der Waals surface area contributed by atoms with Gasteiger partial charge in [0.15, 0.2) is 0 Å². The minimum atomic E-state index is -0.190. The normalized spacial score (nSPS) is 10.2. The Kier molecular flexibility index (Phi) is 5.65. The van der Waals surface area contributed by atoms with Gasteiger partial charge in [0.05, 0.1) is 6.61 Å². The second-order valence-electron chi connectivity index (χ2n) is 4.35. The second-order valence-corrected chi connectivity index (χ2v) is 4.35. The van der Waals surface area contributed by atoms with Gasteiger partial charge in [0, 0.05) is 18.8 Å². The Labute approximate surface area is 109 Å². The van der Waals surface area contributed by atoms with E-state index in [1.54, 1.807) is 0 Å². The molecule has 0 radical (unpaired) electrons. The van der Waals surface area contributed by atoms with Crippen LogP contribution in [-0.4, -0.2) is 25.8 Å². The fraction of sp³-hybridized carbons (Fsp3) is 0.500. The van der Waals surface area contributed by atoms with Crippen molar-refractivity contribution in [3.8, 4) is 0 Å². The molecule has 18 heavy (non-hydrogen) atoms. The predicted octanol–water partition coefficient (Wildman–Crippen LogP) is 2.77. The molecule has 0 aromatic heterocycles. The number of carbonyl (C=O) groups is 1. The average Bonchev–Trinajstić information content (AvgIpc) is 2.29. The SMILES string of the molecule is CCOCCNC(=O)Nc1c(C)cc(C)cc1C. The molecule has 0 bridgehead atoms. The van der Waals surface area contributed by atoms with Crippen LogP contribution in [0.3, 0.4) is 0 Å². The summed E-state index contributed by atoms with van der Waals surface area (Å²) in [7, 11) is 0. The number of benzene rings is 1. The number of amides is 2. The van der Waals surface area contributed by atoms with E-state index in [1.807, 2.05) is 27.7 Å². The summed E-state index contributed by atoms with van der Waals surface area (Å²) in [5, 5.41) is 5.64. The van der Waals surface area contributed by atoms with Gasteiger partial charge >= 0.3 is 6.03 Å². The van der Waals surface area contributed by atoms with Crippen molar-refractivity contribution in [1.29, 1.82) is 0 Å². The van der Waals surface area contributed by atoms with Crippen molar-refractivity contribution in [3.63, 3.8) is 0 Å². The minimum Gasteiger partial charge on any atom is -0.380 e. The van der Waals surface area contributed by atoms with Crippen LogP contribution in [0.5, 0.6) is 0 Å². The Balaban J connectivity index is 2.54. The van der Waals surface area contributed by atoms with Gasteiger partial charge < -0.3 is 15.4 Å². The highest BCUT2D eigenvalue weighted by Gasteiger charge is 2.07. The summed E-state index contributed by atoms with van der Waals surface area (Å²) < 4.78 is 5.15. The number of rotatable bonds is 5. The molecule has 0 aliphatic rings. The first-order chi connectivity index (χ1) is 8.54. The van der Waals surface area contributed by atoms with Crippen molar-refractivity contribution < 1.29 is 9.53 Å². The molecule has 0 atom stereocenters. The van der Waals surface area contributed by atoms with Crippen LogP contribution in [-0.2, 0) is 4.74 Å². The van der Waals surface area contributed by atoms with Crippen LogP contribution in [0.2, 0.25) is 0 Å². The number of hydrogen-bond donors (Lipinski definition) is 2. The van der Waals surface area contributed by atoms with Crippen molar-refractivity contribution in [2.75, 3.05) is 25.1 Å². The topological polar surface area (TPSA) is 50.4 Å². The van der Waals surface area contributed by atoms with E-state index >= 15 is 0 Å². The zero-order valence-electron chi connectivity index (χ0n) is 11.6. The zero-order chi connectivity index (χ0) is 13.5. The second kappa shape index (κ2) is 7.01. The van der Waals surface area contributed by atoms with Gasteiger partial charge in [0.1, 0.15) is 0 Å². The summed E-state index contributed by atoms with van der Waals surface area (Å²) in [5.41, 5.74) is 4.24. The summed E-state index contributed by atoms with van der Waals surface area (Å²) in [4.78, 5) is 11.7. The highest BCUT2D eigenvalue weighted by atomic mass is 16.5. The molecule has 0 spiro atoms. The number of nitrogens with one attached hydrogen (secondary N) is 2. The molecule has 4 nitrogen and oxygen atoms in total. The lowest BCUT2D eigenvalue weighted by molar-refractivity contribution is 0.150. The summed E-state index contributed by atoms with van der Waals surface area (Å²) in [6, 6.07) is 3.93. The third kappa shape index (κ3) is 4.37. The van der Waals surface area contributed by atoms with Gasteiger partial charge in [0.2, 0.25) is 0 Å². The number of carbonyl (C=O) groups excluding carboxylic acids is 1. The Hall–Kier alpha value is -1.55. The molecule has 4 heteroatoms. The van der Waals surface area contributed by atoms with E-state index in [9.17, 15) is 4.79 Å². The molecule has 1 aromatic rings. The molecule has 0 saturated carbocycles. The summed E-state index contributed by atoms with van der Waals surface area (Å²) >= 11 is 0. The van der Waals surface area contributed by atoms with E-state index in [4.69, 9.17) is 4.74 Å². The van der Waals surface area contributed by atoms with Crippen molar-refractivity contribution >= 4 is 11.7 Å². The number of ether oxygens (including phenoxy) is 1. The first-order valence-electron chi connectivity index (χ1n) is 6.25. The molecule has 0 aliphatic heterocycles. The van der Waals surface area contributed by atoms with Crippen LogP contribution >= 0.6 is 0 Å². The largest absolute Gasteiger partial charge is 0.380 e. The van der Waals surface area contributed by atoms with E-state index in [0.717, 1.165) is 16.8 Å². The third-order valence-electron chi connectivity index (χ3n) is 2.65. The highest BCUT2D eigenvalue weighted by Crippen LogP contribution is 2.21. The molecule has 1 rings (SSSR count). The van der Waals surface area contributed by atoms with E-state index in [2.05, 4.69) is 22.8 Å².